The molecule has 0 aliphatic carbocycles. The van der Waals surface area contributed by atoms with Crippen molar-refractivity contribution in [1.29, 1.82) is 0 Å². The van der Waals surface area contributed by atoms with E-state index in [1.807, 2.05) is 0 Å². The number of halogens is 1. The molecular weight excluding hydrogens is 206 g/mol. The van der Waals surface area contributed by atoms with Crippen molar-refractivity contribution in [2.24, 2.45) is 0 Å². The summed E-state index contributed by atoms with van der Waals surface area (Å²) >= 11 is 5.66. The van der Waals surface area contributed by atoms with E-state index in [0.29, 0.717) is 5.88 Å². The van der Waals surface area contributed by atoms with Crippen LogP contribution in [-0.2, 0) is 5.41 Å². The molecule has 0 saturated heterocycles. The maximum Gasteiger partial charge on any atom is 0.0378 e. The minimum absolute atomic E-state index is 0.185. The van der Waals surface area contributed by atoms with Gasteiger partial charge in [-0.3, -0.25) is 0 Å². The van der Waals surface area contributed by atoms with Crippen LogP contribution in [0.1, 0.15) is 32.8 Å². The lowest BCUT2D eigenvalue weighted by atomic mass is 9.86. The van der Waals surface area contributed by atoms with E-state index in [2.05, 4.69) is 50.4 Å². The topological polar surface area (TPSA) is 12.0 Å². The molecule has 0 aromatic heterocycles. The Kier molecular flexibility index (Phi) is 4.46. The van der Waals surface area contributed by atoms with Gasteiger partial charge in [0.2, 0.25) is 0 Å². The molecule has 0 atom stereocenters. The summed E-state index contributed by atoms with van der Waals surface area (Å²) in [5.74, 6) is 0.713. The van der Waals surface area contributed by atoms with Gasteiger partial charge < -0.3 is 5.32 Å². The second-order valence-electron chi connectivity index (χ2n) is 4.76. The summed E-state index contributed by atoms with van der Waals surface area (Å²) in [4.78, 5) is 0. The van der Waals surface area contributed by atoms with Gasteiger partial charge in [0.1, 0.15) is 0 Å². The van der Waals surface area contributed by atoms with Crippen molar-refractivity contribution >= 4 is 17.3 Å². The third-order valence-electron chi connectivity index (χ3n) is 2.36. The number of anilines is 1. The Morgan fingerprint density at radius 3 is 2.47 bits per heavy atom. The summed E-state index contributed by atoms with van der Waals surface area (Å²) in [7, 11) is 0. The van der Waals surface area contributed by atoms with Crippen molar-refractivity contribution in [2.75, 3.05) is 17.7 Å². The van der Waals surface area contributed by atoms with E-state index in [0.717, 1.165) is 13.0 Å². The van der Waals surface area contributed by atoms with Crippen molar-refractivity contribution in [3.63, 3.8) is 0 Å². The lowest BCUT2D eigenvalue weighted by molar-refractivity contribution is 0.591. The van der Waals surface area contributed by atoms with Crippen LogP contribution in [-0.4, -0.2) is 12.4 Å². The van der Waals surface area contributed by atoms with E-state index in [4.69, 9.17) is 11.6 Å². The molecule has 0 saturated carbocycles. The predicted molar refractivity (Wildman–Crippen MR) is 69.0 cm³/mol. The molecule has 0 bridgehead atoms. The Morgan fingerprint density at radius 2 is 1.87 bits per heavy atom. The van der Waals surface area contributed by atoms with Crippen LogP contribution in [0, 0.1) is 0 Å². The average molecular weight is 226 g/mol. The first-order valence-electron chi connectivity index (χ1n) is 5.45. The number of para-hydroxylation sites is 1. The van der Waals surface area contributed by atoms with Gasteiger partial charge in [-0.2, -0.15) is 0 Å². The highest BCUT2D eigenvalue weighted by Gasteiger charge is 2.16. The van der Waals surface area contributed by atoms with Crippen molar-refractivity contribution in [3.8, 4) is 0 Å². The summed E-state index contributed by atoms with van der Waals surface area (Å²) in [6.45, 7) is 7.63. The molecule has 0 aliphatic heterocycles. The molecule has 2 heteroatoms. The van der Waals surface area contributed by atoms with Gasteiger partial charge in [0.15, 0.2) is 0 Å². The number of benzene rings is 1. The molecule has 1 aromatic rings. The number of nitrogens with one attached hydrogen (secondary N) is 1. The molecule has 15 heavy (non-hydrogen) atoms. The zero-order valence-electron chi connectivity index (χ0n) is 9.81. The van der Waals surface area contributed by atoms with Crippen molar-refractivity contribution in [1.82, 2.24) is 0 Å². The third kappa shape index (κ3) is 3.75. The largest absolute Gasteiger partial charge is 0.385 e. The fourth-order valence-electron chi connectivity index (χ4n) is 1.58. The molecule has 84 valence electrons. The summed E-state index contributed by atoms with van der Waals surface area (Å²) in [6, 6.07) is 8.48. The molecule has 0 unspecified atom stereocenters. The van der Waals surface area contributed by atoms with E-state index in [1.165, 1.54) is 11.3 Å². The maximum absolute atomic E-state index is 5.66. The monoisotopic (exact) mass is 225 g/mol. The van der Waals surface area contributed by atoms with Crippen LogP contribution in [0.5, 0.6) is 0 Å². The van der Waals surface area contributed by atoms with Gasteiger partial charge in [-0.15, -0.1) is 11.6 Å². The van der Waals surface area contributed by atoms with Gasteiger partial charge in [-0.25, -0.2) is 0 Å². The Morgan fingerprint density at radius 1 is 1.20 bits per heavy atom. The van der Waals surface area contributed by atoms with Gasteiger partial charge in [0.05, 0.1) is 0 Å². The number of hydrogen-bond acceptors (Lipinski definition) is 1. The smallest absolute Gasteiger partial charge is 0.0378 e. The molecule has 1 nitrogen and oxygen atoms in total. The first-order valence-corrected chi connectivity index (χ1v) is 5.98. The quantitative estimate of drug-likeness (QED) is 0.603. The van der Waals surface area contributed by atoms with Crippen molar-refractivity contribution in [2.45, 2.75) is 32.6 Å². The van der Waals surface area contributed by atoms with Crippen molar-refractivity contribution < 1.29 is 0 Å². The van der Waals surface area contributed by atoms with Crippen LogP contribution in [0.15, 0.2) is 24.3 Å². The van der Waals surface area contributed by atoms with Gasteiger partial charge >= 0.3 is 0 Å². The van der Waals surface area contributed by atoms with Gasteiger partial charge in [0, 0.05) is 18.1 Å². The van der Waals surface area contributed by atoms with E-state index in [9.17, 15) is 0 Å². The zero-order chi connectivity index (χ0) is 11.3. The van der Waals surface area contributed by atoms with Crippen molar-refractivity contribution in [3.05, 3.63) is 29.8 Å². The van der Waals surface area contributed by atoms with Crippen LogP contribution in [0.25, 0.3) is 0 Å². The molecule has 0 spiro atoms. The number of rotatable bonds is 4. The van der Waals surface area contributed by atoms with Crippen LogP contribution >= 0.6 is 11.6 Å². The first kappa shape index (κ1) is 12.4. The normalized spacial score (nSPS) is 11.5. The summed E-state index contributed by atoms with van der Waals surface area (Å²) < 4.78 is 0. The molecule has 0 aliphatic rings. The number of alkyl halides is 1. The molecule has 0 fully saturated rings. The fraction of sp³-hybridized carbons (Fsp3) is 0.538. The van der Waals surface area contributed by atoms with E-state index in [-0.39, 0.29) is 5.41 Å². The lowest BCUT2D eigenvalue weighted by Crippen LogP contribution is -2.15. The summed E-state index contributed by atoms with van der Waals surface area (Å²) in [6.07, 6.45) is 1.00. The average Bonchev–Trinajstić information content (AvgIpc) is 2.17. The molecular formula is C13H20ClN. The Balaban J connectivity index is 2.78. The standard InChI is InChI=1S/C13H20ClN/c1-13(2,3)11-7-4-5-8-12(11)15-10-6-9-14/h4-5,7-8,15H,6,9-10H2,1-3H3. The second-order valence-corrected chi connectivity index (χ2v) is 5.14. The minimum atomic E-state index is 0.185. The molecule has 1 N–H and O–H groups in total. The predicted octanol–water partition coefficient (Wildman–Crippen LogP) is 4.02. The first-order chi connectivity index (χ1) is 7.05. The molecule has 0 heterocycles. The van der Waals surface area contributed by atoms with Gasteiger partial charge in [-0.05, 0) is 23.5 Å². The molecule has 0 radical (unpaired) electrons. The van der Waals surface area contributed by atoms with Crippen LogP contribution in [0.3, 0.4) is 0 Å². The lowest BCUT2D eigenvalue weighted by Gasteiger charge is -2.23. The molecule has 1 rings (SSSR count). The maximum atomic E-state index is 5.66. The van der Waals surface area contributed by atoms with Gasteiger partial charge in [0.25, 0.3) is 0 Å². The van der Waals surface area contributed by atoms with E-state index in [1.54, 1.807) is 0 Å². The van der Waals surface area contributed by atoms with E-state index >= 15 is 0 Å². The minimum Gasteiger partial charge on any atom is -0.385 e. The van der Waals surface area contributed by atoms with Crippen LogP contribution in [0.2, 0.25) is 0 Å². The van der Waals surface area contributed by atoms with E-state index < -0.39 is 0 Å². The van der Waals surface area contributed by atoms with Crippen LogP contribution in [0.4, 0.5) is 5.69 Å². The van der Waals surface area contributed by atoms with Crippen LogP contribution < -0.4 is 5.32 Å². The Labute approximate surface area is 97.8 Å². The van der Waals surface area contributed by atoms with Gasteiger partial charge in [-0.1, -0.05) is 39.0 Å². The second kappa shape index (κ2) is 5.41. The number of hydrogen-bond donors (Lipinski definition) is 1. The summed E-state index contributed by atoms with van der Waals surface area (Å²) in [5, 5.41) is 3.44. The third-order valence-corrected chi connectivity index (χ3v) is 2.63. The Hall–Kier alpha value is -0.690. The highest BCUT2D eigenvalue weighted by Crippen LogP contribution is 2.28. The highest BCUT2D eigenvalue weighted by molar-refractivity contribution is 6.17. The molecule has 0 amide bonds. The fourth-order valence-corrected chi connectivity index (χ4v) is 1.71. The highest BCUT2D eigenvalue weighted by atomic mass is 35.5. The zero-order valence-corrected chi connectivity index (χ0v) is 10.6. The Bertz CT molecular complexity index is 302. The summed E-state index contributed by atoms with van der Waals surface area (Å²) in [5.41, 5.74) is 2.78. The molecule has 1 aromatic carbocycles. The SMILES string of the molecule is CC(C)(C)c1ccccc1NCCCCl.